The number of carbonyl (C=O) groups is 1. The standard InChI is InChI=1S/C24H32N6O2/c1-6-20(28-23(7-2)27-17-18-9-8-12-25-16-18)19-10-11-21(22(15-19)32-5)29-24(31)26-13-14-30(3)4/h6-12,15-16,27H,1,13-14,17H2,2-5H3,(H2,26,29,31)/b23-7-,28-20+. The van der Waals surface area contributed by atoms with E-state index in [-0.39, 0.29) is 6.03 Å². The fraction of sp³-hybridized carbons (Fsp3) is 0.292. The summed E-state index contributed by atoms with van der Waals surface area (Å²) >= 11 is 0. The number of anilines is 1. The lowest BCUT2D eigenvalue weighted by Crippen LogP contribution is -2.34. The molecule has 8 heteroatoms. The maximum atomic E-state index is 12.2. The molecule has 2 aromatic rings. The molecular formula is C24H32N6O2. The zero-order valence-electron chi connectivity index (χ0n) is 19.2. The van der Waals surface area contributed by atoms with Crippen molar-refractivity contribution in [2.45, 2.75) is 13.5 Å². The van der Waals surface area contributed by atoms with Crippen LogP contribution >= 0.6 is 0 Å². The number of aliphatic imine (C=N–C) groups is 1. The number of nitrogens with zero attached hydrogens (tertiary/aromatic N) is 3. The van der Waals surface area contributed by atoms with Crippen LogP contribution in [-0.2, 0) is 6.54 Å². The Morgan fingerprint density at radius 3 is 2.72 bits per heavy atom. The van der Waals surface area contributed by atoms with E-state index >= 15 is 0 Å². The Balaban J connectivity index is 2.12. The Hall–Kier alpha value is -3.65. The molecule has 0 radical (unpaired) electrons. The number of urea groups is 1. The van der Waals surface area contributed by atoms with E-state index in [4.69, 9.17) is 4.74 Å². The topological polar surface area (TPSA) is 90.9 Å². The van der Waals surface area contributed by atoms with Crippen molar-refractivity contribution >= 4 is 17.4 Å². The van der Waals surface area contributed by atoms with E-state index in [2.05, 4.69) is 32.5 Å². The van der Waals surface area contributed by atoms with Gasteiger partial charge in [-0.1, -0.05) is 18.7 Å². The Labute approximate surface area is 190 Å². The van der Waals surface area contributed by atoms with Crippen molar-refractivity contribution in [1.82, 2.24) is 20.5 Å². The third-order valence-corrected chi connectivity index (χ3v) is 4.49. The molecule has 0 saturated carbocycles. The third-order valence-electron chi connectivity index (χ3n) is 4.49. The molecule has 0 spiro atoms. The highest BCUT2D eigenvalue weighted by molar-refractivity contribution is 6.09. The molecule has 1 aromatic heterocycles. The van der Waals surface area contributed by atoms with Gasteiger partial charge in [-0.05, 0) is 56.9 Å². The fourth-order valence-electron chi connectivity index (χ4n) is 2.77. The van der Waals surface area contributed by atoms with Crippen molar-refractivity contribution in [1.29, 1.82) is 0 Å². The lowest BCUT2D eigenvalue weighted by atomic mass is 10.1. The second kappa shape index (κ2) is 12.9. The van der Waals surface area contributed by atoms with E-state index in [1.54, 1.807) is 25.4 Å². The molecule has 0 aliphatic rings. The minimum Gasteiger partial charge on any atom is -0.495 e. The van der Waals surface area contributed by atoms with Gasteiger partial charge in [0.2, 0.25) is 0 Å². The highest BCUT2D eigenvalue weighted by Gasteiger charge is 2.11. The van der Waals surface area contributed by atoms with Gasteiger partial charge in [0.05, 0.1) is 18.5 Å². The summed E-state index contributed by atoms with van der Waals surface area (Å²) < 4.78 is 5.48. The third kappa shape index (κ3) is 7.88. The molecule has 0 atom stereocenters. The maximum absolute atomic E-state index is 12.2. The van der Waals surface area contributed by atoms with Gasteiger partial charge in [0.1, 0.15) is 11.6 Å². The molecule has 0 fully saturated rings. The largest absolute Gasteiger partial charge is 0.495 e. The summed E-state index contributed by atoms with van der Waals surface area (Å²) in [4.78, 5) is 23.0. The molecule has 0 aliphatic heterocycles. The molecule has 3 N–H and O–H groups in total. The number of allylic oxidation sites excluding steroid dienone is 2. The number of amides is 2. The van der Waals surface area contributed by atoms with Crippen molar-refractivity contribution in [3.8, 4) is 5.75 Å². The van der Waals surface area contributed by atoms with Crippen molar-refractivity contribution in [3.63, 3.8) is 0 Å². The smallest absolute Gasteiger partial charge is 0.319 e. The SMILES string of the molecule is C=C/C(=N\C(=C/C)NCc1cccnc1)c1ccc(NC(=O)NCCN(C)C)c(OC)c1. The number of aromatic nitrogens is 1. The fourth-order valence-corrected chi connectivity index (χ4v) is 2.77. The number of benzene rings is 1. The van der Waals surface area contributed by atoms with Crippen molar-refractivity contribution in [2.24, 2.45) is 4.99 Å². The lowest BCUT2D eigenvalue weighted by molar-refractivity contribution is 0.250. The van der Waals surface area contributed by atoms with Crippen LogP contribution in [0.4, 0.5) is 10.5 Å². The molecular weight excluding hydrogens is 404 g/mol. The quantitative estimate of drug-likeness (QED) is 0.470. The first-order valence-corrected chi connectivity index (χ1v) is 10.3. The second-order valence-electron chi connectivity index (χ2n) is 7.19. The van der Waals surface area contributed by atoms with Gasteiger partial charge < -0.3 is 25.6 Å². The minimum absolute atomic E-state index is 0.286. The van der Waals surface area contributed by atoms with E-state index < -0.39 is 0 Å². The predicted octanol–water partition coefficient (Wildman–Crippen LogP) is 3.40. The van der Waals surface area contributed by atoms with Gasteiger partial charge in [0.15, 0.2) is 0 Å². The van der Waals surface area contributed by atoms with Gasteiger partial charge in [-0.25, -0.2) is 9.79 Å². The monoisotopic (exact) mass is 436 g/mol. The van der Waals surface area contributed by atoms with Crippen molar-refractivity contribution in [2.75, 3.05) is 39.6 Å². The number of pyridine rings is 1. The van der Waals surface area contributed by atoms with Gasteiger partial charge in [0, 0.05) is 37.6 Å². The zero-order chi connectivity index (χ0) is 23.3. The Morgan fingerprint density at radius 1 is 1.28 bits per heavy atom. The molecule has 1 heterocycles. The Bertz CT molecular complexity index is 954. The molecule has 2 rings (SSSR count). The molecule has 0 saturated heterocycles. The Kier molecular flexibility index (Phi) is 9.93. The highest BCUT2D eigenvalue weighted by Crippen LogP contribution is 2.26. The molecule has 2 amide bonds. The van der Waals surface area contributed by atoms with E-state index in [1.165, 1.54) is 0 Å². The summed E-state index contributed by atoms with van der Waals surface area (Å²) in [5.74, 6) is 1.25. The van der Waals surface area contributed by atoms with Crippen molar-refractivity contribution < 1.29 is 9.53 Å². The van der Waals surface area contributed by atoms with Crippen LogP contribution < -0.4 is 20.7 Å². The molecule has 1 aromatic carbocycles. The number of hydrogen-bond acceptors (Lipinski definition) is 6. The van der Waals surface area contributed by atoms with Crippen LogP contribution in [0.3, 0.4) is 0 Å². The molecule has 170 valence electrons. The van der Waals surface area contributed by atoms with Crippen LogP contribution in [-0.4, -0.2) is 55.9 Å². The molecule has 0 unspecified atom stereocenters. The van der Waals surface area contributed by atoms with Gasteiger partial charge in [0.25, 0.3) is 0 Å². The first kappa shape index (κ1) is 24.6. The summed E-state index contributed by atoms with van der Waals surface area (Å²) in [6, 6.07) is 9.09. The summed E-state index contributed by atoms with van der Waals surface area (Å²) in [6.07, 6.45) is 7.13. The number of hydrogen-bond donors (Lipinski definition) is 3. The highest BCUT2D eigenvalue weighted by atomic mass is 16.5. The number of ether oxygens (including phenoxy) is 1. The van der Waals surface area contributed by atoms with Crippen LogP contribution in [0.5, 0.6) is 5.75 Å². The number of carbonyl (C=O) groups excluding carboxylic acids is 1. The van der Waals surface area contributed by atoms with Crippen LogP contribution in [0.25, 0.3) is 0 Å². The first-order chi connectivity index (χ1) is 15.5. The Morgan fingerprint density at radius 2 is 2.09 bits per heavy atom. The molecule has 0 aliphatic carbocycles. The number of likely N-dealkylation sites (N-methyl/N-ethyl adjacent to an activating group) is 1. The van der Waals surface area contributed by atoms with Crippen molar-refractivity contribution in [3.05, 3.63) is 78.4 Å². The van der Waals surface area contributed by atoms with E-state index in [9.17, 15) is 4.79 Å². The van der Waals surface area contributed by atoms with Gasteiger partial charge in [-0.2, -0.15) is 0 Å². The summed E-state index contributed by atoms with van der Waals surface area (Å²) in [6.45, 7) is 7.72. The van der Waals surface area contributed by atoms with Crippen LogP contribution in [0.2, 0.25) is 0 Å². The summed E-state index contributed by atoms with van der Waals surface area (Å²) in [7, 11) is 5.47. The number of methoxy groups -OCH3 is 1. The molecule has 32 heavy (non-hydrogen) atoms. The zero-order valence-corrected chi connectivity index (χ0v) is 19.2. The van der Waals surface area contributed by atoms with E-state index in [0.717, 1.165) is 17.7 Å². The maximum Gasteiger partial charge on any atom is 0.319 e. The average molecular weight is 437 g/mol. The second-order valence-corrected chi connectivity index (χ2v) is 7.19. The molecule has 0 bridgehead atoms. The molecule has 8 nitrogen and oxygen atoms in total. The summed E-state index contributed by atoms with van der Waals surface area (Å²) in [5.41, 5.74) is 3.13. The van der Waals surface area contributed by atoms with E-state index in [0.29, 0.717) is 36.1 Å². The predicted molar refractivity (Wildman–Crippen MR) is 130 cm³/mol. The number of nitrogens with one attached hydrogen (secondary N) is 3. The van der Waals surface area contributed by atoms with Crippen LogP contribution in [0.15, 0.2) is 72.3 Å². The number of rotatable bonds is 11. The van der Waals surface area contributed by atoms with Gasteiger partial charge in [-0.3, -0.25) is 4.98 Å². The van der Waals surface area contributed by atoms with Gasteiger partial charge in [-0.15, -0.1) is 0 Å². The van der Waals surface area contributed by atoms with Gasteiger partial charge >= 0.3 is 6.03 Å². The van der Waals surface area contributed by atoms with Crippen LogP contribution in [0.1, 0.15) is 18.1 Å². The average Bonchev–Trinajstić information content (AvgIpc) is 2.80. The van der Waals surface area contributed by atoms with E-state index in [1.807, 2.05) is 62.5 Å². The normalized spacial score (nSPS) is 11.8. The first-order valence-electron chi connectivity index (χ1n) is 10.3. The minimum atomic E-state index is -0.286. The lowest BCUT2D eigenvalue weighted by Gasteiger charge is -2.14. The van der Waals surface area contributed by atoms with Crippen LogP contribution in [0, 0.1) is 0 Å². The summed E-state index contributed by atoms with van der Waals surface area (Å²) in [5, 5.41) is 8.94.